The monoisotopic (exact) mass is 860 g/mol. The second kappa shape index (κ2) is 25.7. The molecule has 0 bridgehead atoms. The number of alkyl halides is 3. The lowest BCUT2D eigenvalue weighted by molar-refractivity contribution is -0.155. The molecule has 1 rings (SSSR count). The zero-order chi connectivity index (χ0) is 43.5. The minimum Gasteiger partial charge on any atom is -0.497 e. The molecule has 0 aromatic heterocycles. The molecule has 0 aliphatic carbocycles. The zero-order valence-electron chi connectivity index (χ0n) is 36.4. The van der Waals surface area contributed by atoms with E-state index in [0.717, 1.165) is 11.3 Å². The maximum absolute atomic E-state index is 13.6. The Hall–Kier alpha value is -1.80. The highest BCUT2D eigenvalue weighted by molar-refractivity contribution is 7.87. The first-order valence-corrected chi connectivity index (χ1v) is 23.7. The Morgan fingerprint density at radius 3 is 2.00 bits per heavy atom. The van der Waals surface area contributed by atoms with Gasteiger partial charge < -0.3 is 46.5 Å². The third-order valence-corrected chi connectivity index (χ3v) is 16.1. The van der Waals surface area contributed by atoms with Crippen LogP contribution in [0.5, 0.6) is 5.75 Å². The van der Waals surface area contributed by atoms with Crippen molar-refractivity contribution in [1.29, 1.82) is 0 Å². The normalized spacial score (nSPS) is 17.1. The van der Waals surface area contributed by atoms with Gasteiger partial charge in [0, 0.05) is 41.0 Å². The van der Waals surface area contributed by atoms with Gasteiger partial charge in [-0.05, 0) is 85.8 Å². The first-order valence-electron chi connectivity index (χ1n) is 19.4. The van der Waals surface area contributed by atoms with Gasteiger partial charge in [0.25, 0.3) is 0 Å². The third kappa shape index (κ3) is 19.0. The van der Waals surface area contributed by atoms with Gasteiger partial charge in [0.1, 0.15) is 31.2 Å². The predicted octanol–water partition coefficient (Wildman–Crippen LogP) is 8.85. The molecule has 57 heavy (non-hydrogen) atoms. The Balaban J connectivity index is 3.17. The Morgan fingerprint density at radius 2 is 1.47 bits per heavy atom. The van der Waals surface area contributed by atoms with Crippen LogP contribution in [-0.2, 0) is 58.5 Å². The van der Waals surface area contributed by atoms with Crippen molar-refractivity contribution in [2.24, 2.45) is 17.8 Å². The molecular weight excluding hydrogens is 790 g/mol. The summed E-state index contributed by atoms with van der Waals surface area (Å²) in [5, 5.41) is 0.0343. The Kier molecular flexibility index (Phi) is 24.0. The molecule has 1 aromatic carbocycles. The van der Waals surface area contributed by atoms with Crippen LogP contribution in [0.1, 0.15) is 79.2 Å². The molecule has 0 unspecified atom stereocenters. The van der Waals surface area contributed by atoms with Gasteiger partial charge >= 0.3 is 15.6 Å². The third-order valence-electron chi connectivity index (χ3n) is 10.5. The Labute approximate surface area is 341 Å². The largest absolute Gasteiger partial charge is 0.534 e. The Bertz CT molecular complexity index is 1370. The minimum absolute atomic E-state index is 0.00448. The van der Waals surface area contributed by atoms with Crippen LogP contribution in [0.2, 0.25) is 18.1 Å². The van der Waals surface area contributed by atoms with E-state index in [1.54, 1.807) is 21.3 Å². The molecule has 334 valence electrons. The number of methoxy groups -OCH3 is 5. The minimum atomic E-state index is -5.98. The standard InChI is InChI=1S/C40H71F3O12SSi/c1-29(24-34(49-10)26-51-25-32-16-18-33(48-9)19-17-32)14-20-37(55-56(44,45)40(41,42)43)36(50-11)21-15-30(2)38(53-28-47-8)31(3)35(52-27-46-7)22-23-54-57(12,13)39(4,5)6/h16-20,29-31,34-36,38H,14-15,21-28H2,1-13H3/b37-20-/t29-,30-,31-,34-,35-,36+,38-/m1/s1. The maximum atomic E-state index is 13.6. The van der Waals surface area contributed by atoms with Crippen molar-refractivity contribution in [2.75, 3.05) is 62.3 Å². The Morgan fingerprint density at radius 1 is 0.860 bits per heavy atom. The van der Waals surface area contributed by atoms with E-state index in [-0.39, 0.29) is 68.0 Å². The second-order valence-electron chi connectivity index (χ2n) is 16.1. The first kappa shape index (κ1) is 53.2. The maximum Gasteiger partial charge on any atom is 0.534 e. The molecule has 0 saturated carbocycles. The molecule has 0 fully saturated rings. The van der Waals surface area contributed by atoms with Crippen LogP contribution >= 0.6 is 0 Å². The lowest BCUT2D eigenvalue weighted by atomic mass is 9.85. The molecule has 12 nitrogen and oxygen atoms in total. The van der Waals surface area contributed by atoms with E-state index in [1.807, 2.05) is 45.0 Å². The number of allylic oxidation sites excluding steroid dienone is 1. The molecule has 0 radical (unpaired) electrons. The van der Waals surface area contributed by atoms with Gasteiger partial charge in [0.05, 0.1) is 38.6 Å². The number of rotatable bonds is 30. The van der Waals surface area contributed by atoms with Crippen molar-refractivity contribution < 1.29 is 68.1 Å². The fourth-order valence-corrected chi connectivity index (χ4v) is 7.55. The van der Waals surface area contributed by atoms with Crippen molar-refractivity contribution in [3.8, 4) is 5.75 Å². The zero-order valence-corrected chi connectivity index (χ0v) is 38.3. The number of halogens is 3. The molecule has 0 N–H and O–H groups in total. The molecular formula is C40H71F3O12SSi. The summed E-state index contributed by atoms with van der Waals surface area (Å²) >= 11 is 0. The van der Waals surface area contributed by atoms with E-state index in [9.17, 15) is 21.6 Å². The van der Waals surface area contributed by atoms with Crippen molar-refractivity contribution in [3.05, 3.63) is 41.7 Å². The topological polar surface area (TPSA) is 126 Å². The summed E-state index contributed by atoms with van der Waals surface area (Å²) in [5.74, 6) is -0.257. The molecule has 0 aliphatic heterocycles. The summed E-state index contributed by atoms with van der Waals surface area (Å²) in [6, 6.07) is 7.47. The molecule has 17 heteroatoms. The summed E-state index contributed by atoms with van der Waals surface area (Å²) in [7, 11) is -0.496. The average Bonchev–Trinajstić information content (AvgIpc) is 3.14. The first-order chi connectivity index (χ1) is 26.6. The summed E-state index contributed by atoms with van der Waals surface area (Å²) in [6.07, 6.45) is 0.906. The van der Waals surface area contributed by atoms with E-state index in [4.69, 9.17) is 46.5 Å². The van der Waals surface area contributed by atoms with Crippen LogP contribution in [0.4, 0.5) is 13.2 Å². The molecule has 0 aliphatic rings. The molecule has 0 heterocycles. The van der Waals surface area contributed by atoms with Gasteiger partial charge in [-0.1, -0.05) is 53.7 Å². The van der Waals surface area contributed by atoms with Gasteiger partial charge in [-0.3, -0.25) is 0 Å². The SMILES string of the molecule is COCO[C@@H]([C@H](C)[C@@H](CCO[Si](C)(C)C(C)(C)C)OCOC)[C@H](C)CC[C@H](OC)/C(=C/C[C@@H](C)C[C@H](COCc1ccc(OC)cc1)OC)OS(=O)(=O)C(F)(F)F. The fraction of sp³-hybridized carbons (Fsp3) is 0.800. The highest BCUT2D eigenvalue weighted by Crippen LogP contribution is 2.37. The fourth-order valence-electron chi connectivity index (χ4n) is 5.97. The number of hydrogen-bond acceptors (Lipinski definition) is 12. The van der Waals surface area contributed by atoms with Crippen LogP contribution in [0.15, 0.2) is 36.1 Å². The number of benzene rings is 1. The van der Waals surface area contributed by atoms with Crippen molar-refractivity contribution >= 4 is 18.4 Å². The van der Waals surface area contributed by atoms with E-state index in [0.29, 0.717) is 32.5 Å². The quantitative estimate of drug-likeness (QED) is 0.0241. The van der Waals surface area contributed by atoms with Crippen LogP contribution in [0.25, 0.3) is 0 Å². The molecule has 0 spiro atoms. The van der Waals surface area contributed by atoms with Crippen molar-refractivity contribution in [3.63, 3.8) is 0 Å². The molecule has 0 saturated heterocycles. The van der Waals surface area contributed by atoms with Gasteiger partial charge in [-0.2, -0.15) is 21.6 Å². The van der Waals surface area contributed by atoms with E-state index >= 15 is 0 Å². The van der Waals surface area contributed by atoms with Crippen LogP contribution in [0, 0.1) is 17.8 Å². The van der Waals surface area contributed by atoms with Crippen LogP contribution in [-0.4, -0.2) is 109 Å². The lowest BCUT2D eigenvalue weighted by Gasteiger charge is -2.38. The van der Waals surface area contributed by atoms with E-state index < -0.39 is 41.9 Å². The highest BCUT2D eigenvalue weighted by atomic mass is 32.2. The van der Waals surface area contributed by atoms with E-state index in [2.05, 4.69) is 33.9 Å². The summed E-state index contributed by atoms with van der Waals surface area (Å²) in [6.45, 7) is 17.9. The number of ether oxygens (including phenoxy) is 8. The van der Waals surface area contributed by atoms with Crippen LogP contribution < -0.4 is 4.74 Å². The average molecular weight is 861 g/mol. The highest BCUT2D eigenvalue weighted by Gasteiger charge is 2.49. The second-order valence-corrected chi connectivity index (χ2v) is 22.4. The van der Waals surface area contributed by atoms with Crippen molar-refractivity contribution in [2.45, 2.75) is 128 Å². The predicted molar refractivity (Wildman–Crippen MR) is 216 cm³/mol. The summed E-state index contributed by atoms with van der Waals surface area (Å²) in [4.78, 5) is 0. The van der Waals surface area contributed by atoms with Gasteiger partial charge in [-0.25, -0.2) is 0 Å². The summed E-state index contributed by atoms with van der Waals surface area (Å²) < 4.78 is 122. The van der Waals surface area contributed by atoms with E-state index in [1.165, 1.54) is 20.3 Å². The van der Waals surface area contributed by atoms with Crippen LogP contribution in [0.3, 0.4) is 0 Å². The van der Waals surface area contributed by atoms with Gasteiger partial charge in [0.15, 0.2) is 8.32 Å². The molecule has 7 atom stereocenters. The van der Waals surface area contributed by atoms with Gasteiger partial charge in [-0.15, -0.1) is 0 Å². The lowest BCUT2D eigenvalue weighted by Crippen LogP contribution is -2.43. The van der Waals surface area contributed by atoms with Crippen molar-refractivity contribution in [1.82, 2.24) is 0 Å². The summed E-state index contributed by atoms with van der Waals surface area (Å²) in [5.41, 5.74) is -4.68. The molecule has 1 aromatic rings. The van der Waals surface area contributed by atoms with Gasteiger partial charge in [0.2, 0.25) is 0 Å². The molecule has 0 amide bonds. The smallest absolute Gasteiger partial charge is 0.497 e. The number of hydrogen-bond donors (Lipinski definition) is 0.